The maximum absolute atomic E-state index is 12.5. The Bertz CT molecular complexity index is 584. The molecule has 1 aromatic heterocycles. The van der Waals surface area contributed by atoms with Gasteiger partial charge in [0.2, 0.25) is 5.89 Å². The minimum absolute atomic E-state index is 0.0742. The van der Waals surface area contributed by atoms with Crippen molar-refractivity contribution in [3.8, 4) is 0 Å². The van der Waals surface area contributed by atoms with Crippen molar-refractivity contribution in [1.82, 2.24) is 10.2 Å². The summed E-state index contributed by atoms with van der Waals surface area (Å²) in [5, 5.41) is 8.15. The molecule has 114 valence electrons. The zero-order valence-corrected chi connectivity index (χ0v) is 13.0. The third-order valence-electron chi connectivity index (χ3n) is 2.70. The van der Waals surface area contributed by atoms with Gasteiger partial charge >= 0.3 is 6.18 Å². The average Bonchev–Trinajstić information content (AvgIpc) is 2.86. The molecule has 1 unspecified atom stereocenters. The van der Waals surface area contributed by atoms with Crippen LogP contribution in [0.3, 0.4) is 0 Å². The van der Waals surface area contributed by atoms with E-state index in [0.29, 0.717) is 16.9 Å². The summed E-state index contributed by atoms with van der Waals surface area (Å²) < 4.78 is 42.9. The van der Waals surface area contributed by atoms with Gasteiger partial charge in [-0.1, -0.05) is 23.9 Å². The van der Waals surface area contributed by atoms with Gasteiger partial charge in [0.1, 0.15) is 0 Å². The van der Waals surface area contributed by atoms with Crippen LogP contribution in [0.25, 0.3) is 0 Å². The zero-order chi connectivity index (χ0) is 15.5. The van der Waals surface area contributed by atoms with Crippen molar-refractivity contribution in [2.45, 2.75) is 29.3 Å². The molecule has 0 N–H and O–H groups in total. The fourth-order valence-electron chi connectivity index (χ4n) is 1.63. The van der Waals surface area contributed by atoms with E-state index in [2.05, 4.69) is 10.2 Å². The van der Waals surface area contributed by atoms with E-state index in [1.165, 1.54) is 23.9 Å². The molecule has 0 aliphatic rings. The molecule has 3 nitrogen and oxygen atoms in total. The van der Waals surface area contributed by atoms with Gasteiger partial charge in [-0.15, -0.1) is 10.2 Å². The summed E-state index contributed by atoms with van der Waals surface area (Å²) in [7, 11) is 0. The summed E-state index contributed by atoms with van der Waals surface area (Å²) in [4.78, 5) is 0. The number of nitrogens with zero attached hydrogens (tertiary/aromatic N) is 2. The molecule has 0 fully saturated rings. The van der Waals surface area contributed by atoms with E-state index in [0.717, 1.165) is 17.7 Å². The molecule has 8 heteroatoms. The van der Waals surface area contributed by atoms with Gasteiger partial charge in [-0.25, -0.2) is 0 Å². The van der Waals surface area contributed by atoms with Crippen LogP contribution in [0, 0.1) is 0 Å². The smallest absolute Gasteiger partial charge is 0.415 e. The van der Waals surface area contributed by atoms with Crippen LogP contribution in [0.5, 0.6) is 0 Å². The molecular formula is C13H13F3N2OS2. The van der Waals surface area contributed by atoms with E-state index in [-0.39, 0.29) is 5.25 Å². The van der Waals surface area contributed by atoms with Crippen molar-refractivity contribution in [1.29, 1.82) is 0 Å². The second-order valence-electron chi connectivity index (χ2n) is 4.27. The third kappa shape index (κ3) is 4.41. The van der Waals surface area contributed by atoms with Crippen LogP contribution in [0.15, 0.2) is 33.9 Å². The Balaban J connectivity index is 2.04. The number of aromatic nitrogens is 2. The molecule has 0 saturated carbocycles. The number of hydrogen-bond acceptors (Lipinski definition) is 5. The molecule has 0 bridgehead atoms. The molecule has 1 aromatic carbocycles. The number of hydrogen-bond donors (Lipinski definition) is 0. The fourth-order valence-corrected chi connectivity index (χ4v) is 2.82. The predicted molar refractivity (Wildman–Crippen MR) is 77.2 cm³/mol. The second-order valence-corrected chi connectivity index (χ2v) is 6.43. The molecule has 2 aromatic rings. The van der Waals surface area contributed by atoms with Crippen molar-refractivity contribution >= 4 is 23.5 Å². The number of benzene rings is 1. The fraction of sp³-hybridized carbons (Fsp3) is 0.385. The standard InChI is InChI=1S/C13H13F3N2OS2/c1-8(21-12-18-17-11(19-12)7-20-2)9-3-5-10(6-4-9)13(14,15)16/h3-6,8H,7H2,1-2H3. The number of thioether (sulfide) groups is 2. The molecule has 0 amide bonds. The van der Waals surface area contributed by atoms with Gasteiger partial charge < -0.3 is 4.42 Å². The summed E-state index contributed by atoms with van der Waals surface area (Å²) in [6, 6.07) is 5.11. The highest BCUT2D eigenvalue weighted by Crippen LogP contribution is 2.36. The highest BCUT2D eigenvalue weighted by Gasteiger charge is 2.30. The first-order chi connectivity index (χ1) is 9.90. The Morgan fingerprint density at radius 2 is 1.86 bits per heavy atom. The van der Waals surface area contributed by atoms with Gasteiger partial charge in [-0.3, -0.25) is 0 Å². The Hall–Kier alpha value is -1.15. The average molecular weight is 334 g/mol. The zero-order valence-electron chi connectivity index (χ0n) is 11.3. The van der Waals surface area contributed by atoms with Gasteiger partial charge in [0.05, 0.1) is 11.3 Å². The summed E-state index contributed by atoms with van der Waals surface area (Å²) in [6.45, 7) is 1.88. The third-order valence-corrected chi connectivity index (χ3v) is 4.23. The van der Waals surface area contributed by atoms with Crippen LogP contribution in [0.4, 0.5) is 13.2 Å². The molecule has 0 saturated heterocycles. The first-order valence-corrected chi connectivity index (χ1v) is 8.32. The quantitative estimate of drug-likeness (QED) is 0.734. The van der Waals surface area contributed by atoms with Crippen molar-refractivity contribution in [3.05, 3.63) is 41.3 Å². The van der Waals surface area contributed by atoms with Crippen molar-refractivity contribution in [3.63, 3.8) is 0 Å². The number of alkyl halides is 3. The van der Waals surface area contributed by atoms with E-state index < -0.39 is 11.7 Å². The minimum Gasteiger partial charge on any atom is -0.415 e. The lowest BCUT2D eigenvalue weighted by atomic mass is 10.1. The largest absolute Gasteiger partial charge is 0.416 e. The highest BCUT2D eigenvalue weighted by atomic mass is 32.2. The summed E-state index contributed by atoms with van der Waals surface area (Å²) in [6.07, 6.45) is -2.38. The molecule has 0 aliphatic carbocycles. The van der Waals surface area contributed by atoms with Gasteiger partial charge in [0, 0.05) is 5.25 Å². The van der Waals surface area contributed by atoms with Crippen LogP contribution < -0.4 is 0 Å². The Morgan fingerprint density at radius 3 is 2.43 bits per heavy atom. The van der Waals surface area contributed by atoms with Crippen molar-refractivity contribution in [2.75, 3.05) is 6.26 Å². The number of rotatable bonds is 5. The normalized spacial score (nSPS) is 13.4. The first-order valence-electron chi connectivity index (χ1n) is 6.05. The van der Waals surface area contributed by atoms with E-state index in [1.807, 2.05) is 13.2 Å². The molecule has 0 aliphatic heterocycles. The summed E-state index contributed by atoms with van der Waals surface area (Å²) in [5.74, 6) is 1.19. The molecule has 1 atom stereocenters. The van der Waals surface area contributed by atoms with Crippen LogP contribution in [-0.4, -0.2) is 16.5 Å². The van der Waals surface area contributed by atoms with E-state index in [1.54, 1.807) is 11.8 Å². The predicted octanol–water partition coefficient (Wildman–Crippen LogP) is 4.80. The lowest BCUT2D eigenvalue weighted by Crippen LogP contribution is -2.04. The van der Waals surface area contributed by atoms with E-state index in [4.69, 9.17) is 4.42 Å². The number of halogens is 3. The first kappa shape index (κ1) is 16.2. The molecule has 0 radical (unpaired) electrons. The SMILES string of the molecule is CSCc1nnc(SC(C)c2ccc(C(F)(F)F)cc2)o1. The van der Waals surface area contributed by atoms with Crippen LogP contribution >= 0.6 is 23.5 Å². The second kappa shape index (κ2) is 6.74. The monoisotopic (exact) mass is 334 g/mol. The highest BCUT2D eigenvalue weighted by molar-refractivity contribution is 7.99. The van der Waals surface area contributed by atoms with Crippen LogP contribution in [0.1, 0.15) is 29.2 Å². The topological polar surface area (TPSA) is 38.9 Å². The molecule has 21 heavy (non-hydrogen) atoms. The van der Waals surface area contributed by atoms with Crippen molar-refractivity contribution < 1.29 is 17.6 Å². The van der Waals surface area contributed by atoms with Gasteiger partial charge in [0.15, 0.2) is 0 Å². The maximum Gasteiger partial charge on any atom is 0.416 e. The van der Waals surface area contributed by atoms with Crippen molar-refractivity contribution in [2.24, 2.45) is 0 Å². The maximum atomic E-state index is 12.5. The van der Waals surface area contributed by atoms with Crippen LogP contribution in [-0.2, 0) is 11.9 Å². The van der Waals surface area contributed by atoms with Gasteiger partial charge in [-0.2, -0.15) is 24.9 Å². The Labute approximate surface area is 128 Å². The summed E-state index contributed by atoms with van der Waals surface area (Å²) in [5.41, 5.74) is 0.126. The molecule has 0 spiro atoms. The summed E-state index contributed by atoms with van der Waals surface area (Å²) >= 11 is 2.90. The van der Waals surface area contributed by atoms with Gasteiger partial charge in [0.25, 0.3) is 5.22 Å². The molecule has 1 heterocycles. The van der Waals surface area contributed by atoms with Gasteiger partial charge in [-0.05, 0) is 30.9 Å². The lowest BCUT2D eigenvalue weighted by molar-refractivity contribution is -0.137. The Morgan fingerprint density at radius 1 is 1.19 bits per heavy atom. The Kier molecular flexibility index (Phi) is 5.21. The minimum atomic E-state index is -4.31. The van der Waals surface area contributed by atoms with E-state index in [9.17, 15) is 13.2 Å². The molecular weight excluding hydrogens is 321 g/mol. The lowest BCUT2D eigenvalue weighted by Gasteiger charge is -2.11. The van der Waals surface area contributed by atoms with Crippen LogP contribution in [0.2, 0.25) is 0 Å². The molecule has 2 rings (SSSR count). The van der Waals surface area contributed by atoms with E-state index >= 15 is 0 Å².